The van der Waals surface area contributed by atoms with Crippen molar-refractivity contribution in [2.75, 3.05) is 6.79 Å². The first-order chi connectivity index (χ1) is 10.9. The van der Waals surface area contributed by atoms with Gasteiger partial charge in [0.05, 0.1) is 6.10 Å². The van der Waals surface area contributed by atoms with Crippen molar-refractivity contribution < 1.29 is 14.2 Å². The standard InChI is InChI=1S/C19H28O3/c1-2-3-4-5-6-7-8-9-10-17-19(22-17)15-11-12-16-18(13-15)21-14-20-16/h11-13,17,19H,2-10,14H2,1H3. The number of unbranched alkanes of at least 4 members (excludes halogenated alkanes) is 7. The number of benzene rings is 1. The van der Waals surface area contributed by atoms with E-state index in [0.717, 1.165) is 11.5 Å². The Morgan fingerprint density at radius 2 is 1.64 bits per heavy atom. The van der Waals surface area contributed by atoms with E-state index < -0.39 is 0 Å². The largest absolute Gasteiger partial charge is 0.454 e. The van der Waals surface area contributed by atoms with Gasteiger partial charge in [-0.05, 0) is 24.1 Å². The summed E-state index contributed by atoms with van der Waals surface area (Å²) in [6.07, 6.45) is 12.9. The molecular weight excluding hydrogens is 276 g/mol. The van der Waals surface area contributed by atoms with Gasteiger partial charge in [-0.15, -0.1) is 0 Å². The second-order valence-corrected chi connectivity index (χ2v) is 6.47. The minimum atomic E-state index is 0.277. The van der Waals surface area contributed by atoms with Crippen LogP contribution in [0.1, 0.15) is 76.4 Å². The predicted octanol–water partition coefficient (Wildman–Crippen LogP) is 5.39. The Morgan fingerprint density at radius 3 is 2.45 bits per heavy atom. The van der Waals surface area contributed by atoms with E-state index in [2.05, 4.69) is 19.1 Å². The van der Waals surface area contributed by atoms with E-state index in [1.807, 2.05) is 6.07 Å². The topological polar surface area (TPSA) is 31.0 Å². The van der Waals surface area contributed by atoms with Crippen molar-refractivity contribution in [1.82, 2.24) is 0 Å². The summed E-state index contributed by atoms with van der Waals surface area (Å²) >= 11 is 0. The van der Waals surface area contributed by atoms with Crippen LogP contribution < -0.4 is 9.47 Å². The van der Waals surface area contributed by atoms with Crippen LogP contribution in [0.15, 0.2) is 18.2 Å². The molecule has 122 valence electrons. The van der Waals surface area contributed by atoms with Gasteiger partial charge >= 0.3 is 0 Å². The van der Waals surface area contributed by atoms with E-state index >= 15 is 0 Å². The average Bonchev–Trinajstić information content (AvgIpc) is 3.16. The molecule has 0 aromatic heterocycles. The number of hydrogen-bond donors (Lipinski definition) is 0. The lowest BCUT2D eigenvalue weighted by Gasteiger charge is -2.01. The van der Waals surface area contributed by atoms with Crippen LogP contribution in [0.4, 0.5) is 0 Å². The second kappa shape index (κ2) is 7.87. The zero-order valence-corrected chi connectivity index (χ0v) is 13.7. The highest BCUT2D eigenvalue weighted by Crippen LogP contribution is 2.44. The molecule has 1 aromatic rings. The zero-order chi connectivity index (χ0) is 15.2. The molecule has 1 aromatic carbocycles. The van der Waals surface area contributed by atoms with E-state index in [9.17, 15) is 0 Å². The molecule has 0 radical (unpaired) electrons. The van der Waals surface area contributed by atoms with Gasteiger partial charge in [0.25, 0.3) is 0 Å². The van der Waals surface area contributed by atoms with Crippen molar-refractivity contribution in [3.63, 3.8) is 0 Å². The highest BCUT2D eigenvalue weighted by molar-refractivity contribution is 5.45. The van der Waals surface area contributed by atoms with E-state index in [0.29, 0.717) is 12.9 Å². The smallest absolute Gasteiger partial charge is 0.231 e. The quantitative estimate of drug-likeness (QED) is 0.429. The van der Waals surface area contributed by atoms with Crippen LogP contribution in [-0.4, -0.2) is 12.9 Å². The molecule has 0 spiro atoms. The maximum Gasteiger partial charge on any atom is 0.231 e. The van der Waals surface area contributed by atoms with Crippen LogP contribution in [-0.2, 0) is 4.74 Å². The lowest BCUT2D eigenvalue weighted by molar-refractivity contribution is 0.174. The van der Waals surface area contributed by atoms with Crippen molar-refractivity contribution in [1.29, 1.82) is 0 Å². The molecule has 2 aliphatic heterocycles. The fourth-order valence-corrected chi connectivity index (χ4v) is 3.23. The third-order valence-corrected chi connectivity index (χ3v) is 4.65. The lowest BCUT2D eigenvalue weighted by atomic mass is 10.0. The minimum absolute atomic E-state index is 0.277. The van der Waals surface area contributed by atoms with Crippen LogP contribution in [0, 0.1) is 0 Å². The normalized spacial score (nSPS) is 22.0. The summed E-state index contributed by atoms with van der Waals surface area (Å²) < 4.78 is 16.6. The highest BCUT2D eigenvalue weighted by atomic mass is 16.7. The molecule has 22 heavy (non-hydrogen) atoms. The first-order valence-electron chi connectivity index (χ1n) is 8.93. The van der Waals surface area contributed by atoms with Crippen LogP contribution >= 0.6 is 0 Å². The van der Waals surface area contributed by atoms with Crippen molar-refractivity contribution >= 4 is 0 Å². The third-order valence-electron chi connectivity index (χ3n) is 4.65. The monoisotopic (exact) mass is 304 g/mol. The summed E-state index contributed by atoms with van der Waals surface area (Å²) in [5, 5.41) is 0. The maximum absolute atomic E-state index is 5.83. The highest BCUT2D eigenvalue weighted by Gasteiger charge is 2.39. The summed E-state index contributed by atoms with van der Waals surface area (Å²) in [5.74, 6) is 1.71. The van der Waals surface area contributed by atoms with Crippen molar-refractivity contribution in [2.24, 2.45) is 0 Å². The Hall–Kier alpha value is -1.22. The predicted molar refractivity (Wildman–Crippen MR) is 87.4 cm³/mol. The number of hydrogen-bond acceptors (Lipinski definition) is 3. The Labute approximate surface area is 134 Å². The van der Waals surface area contributed by atoms with Gasteiger partial charge in [0.2, 0.25) is 6.79 Å². The molecule has 3 rings (SSSR count). The number of epoxide rings is 1. The molecule has 0 saturated carbocycles. The zero-order valence-electron chi connectivity index (χ0n) is 13.7. The van der Waals surface area contributed by atoms with Gasteiger partial charge in [-0.3, -0.25) is 0 Å². The molecule has 1 fully saturated rings. The van der Waals surface area contributed by atoms with Gasteiger partial charge in [0, 0.05) is 0 Å². The number of fused-ring (bicyclic) bond motifs is 1. The molecule has 0 aliphatic carbocycles. The summed E-state index contributed by atoms with van der Waals surface area (Å²) in [5.41, 5.74) is 1.23. The molecule has 0 N–H and O–H groups in total. The molecule has 2 heterocycles. The Balaban J connectivity index is 1.29. The summed E-state index contributed by atoms with van der Waals surface area (Å²) in [4.78, 5) is 0. The molecule has 3 heteroatoms. The van der Waals surface area contributed by atoms with Crippen LogP contribution in [0.25, 0.3) is 0 Å². The summed E-state index contributed by atoms with van der Waals surface area (Å²) in [6.45, 7) is 2.61. The van der Waals surface area contributed by atoms with Crippen molar-refractivity contribution in [2.45, 2.75) is 76.9 Å². The molecule has 0 amide bonds. The van der Waals surface area contributed by atoms with Crippen molar-refractivity contribution in [3.8, 4) is 11.5 Å². The third kappa shape index (κ3) is 4.16. The first-order valence-corrected chi connectivity index (χ1v) is 8.93. The van der Waals surface area contributed by atoms with E-state index in [1.165, 1.54) is 63.4 Å². The Kier molecular flexibility index (Phi) is 5.60. The summed E-state index contributed by atoms with van der Waals surface area (Å²) in [6, 6.07) is 6.17. The summed E-state index contributed by atoms with van der Waals surface area (Å²) in [7, 11) is 0. The molecule has 1 saturated heterocycles. The van der Waals surface area contributed by atoms with Gasteiger partial charge in [-0.25, -0.2) is 0 Å². The lowest BCUT2D eigenvalue weighted by Crippen LogP contribution is -1.93. The van der Waals surface area contributed by atoms with E-state index in [1.54, 1.807) is 0 Å². The van der Waals surface area contributed by atoms with Crippen LogP contribution in [0.5, 0.6) is 11.5 Å². The molecule has 2 atom stereocenters. The van der Waals surface area contributed by atoms with Gasteiger partial charge in [-0.1, -0.05) is 64.4 Å². The van der Waals surface area contributed by atoms with Gasteiger partial charge < -0.3 is 14.2 Å². The minimum Gasteiger partial charge on any atom is -0.454 e. The first kappa shape index (κ1) is 15.7. The Morgan fingerprint density at radius 1 is 0.909 bits per heavy atom. The molecular formula is C19H28O3. The van der Waals surface area contributed by atoms with Gasteiger partial charge in [0.15, 0.2) is 11.5 Å². The van der Waals surface area contributed by atoms with E-state index in [4.69, 9.17) is 14.2 Å². The second-order valence-electron chi connectivity index (χ2n) is 6.47. The maximum atomic E-state index is 5.83. The molecule has 3 nitrogen and oxygen atoms in total. The van der Waals surface area contributed by atoms with Gasteiger partial charge in [-0.2, -0.15) is 0 Å². The fraction of sp³-hybridized carbons (Fsp3) is 0.684. The molecule has 2 unspecified atom stereocenters. The fourth-order valence-electron chi connectivity index (χ4n) is 3.23. The van der Waals surface area contributed by atoms with E-state index in [-0.39, 0.29) is 6.10 Å². The average molecular weight is 304 g/mol. The number of rotatable bonds is 10. The van der Waals surface area contributed by atoms with Crippen LogP contribution in [0.2, 0.25) is 0 Å². The van der Waals surface area contributed by atoms with Gasteiger partial charge in [0.1, 0.15) is 6.10 Å². The molecule has 2 aliphatic rings. The van der Waals surface area contributed by atoms with Crippen LogP contribution in [0.3, 0.4) is 0 Å². The number of ether oxygens (including phenoxy) is 3. The Bertz CT molecular complexity index is 472. The van der Waals surface area contributed by atoms with Crippen molar-refractivity contribution in [3.05, 3.63) is 23.8 Å². The SMILES string of the molecule is CCCCCCCCCCC1OC1c1ccc2c(c1)OCO2. The molecule has 0 bridgehead atoms.